The van der Waals surface area contributed by atoms with E-state index in [1.54, 1.807) is 4.68 Å². The lowest BCUT2D eigenvalue weighted by Gasteiger charge is -1.94. The van der Waals surface area contributed by atoms with E-state index >= 15 is 0 Å². The summed E-state index contributed by atoms with van der Waals surface area (Å²) in [6.45, 7) is 2.51. The van der Waals surface area contributed by atoms with Crippen LogP contribution in [0.2, 0.25) is 0 Å². The second kappa shape index (κ2) is 3.90. The maximum Gasteiger partial charge on any atom is 0.137 e. The van der Waals surface area contributed by atoms with Crippen molar-refractivity contribution < 1.29 is 4.42 Å². The topological polar surface area (TPSA) is 57.0 Å². The summed E-state index contributed by atoms with van der Waals surface area (Å²) >= 11 is 0. The van der Waals surface area contributed by atoms with Gasteiger partial charge in [-0.3, -0.25) is 4.68 Å². The highest BCUT2D eigenvalue weighted by Gasteiger charge is 2.11. The molecule has 2 aromatic rings. The maximum absolute atomic E-state index is 5.60. The number of nitrogens with two attached hydrogens (primary N) is 1. The Morgan fingerprint density at radius 2 is 2.27 bits per heavy atom. The van der Waals surface area contributed by atoms with E-state index in [-0.39, 0.29) is 0 Å². The Bertz CT molecular complexity index is 456. The largest absolute Gasteiger partial charge is 0.460 e. The Hall–Kier alpha value is -1.55. The number of aromatic nitrogens is 2. The van der Waals surface area contributed by atoms with Crippen LogP contribution in [0.15, 0.2) is 22.7 Å². The van der Waals surface area contributed by atoms with Crippen LogP contribution in [0.4, 0.5) is 0 Å². The zero-order valence-electron chi connectivity index (χ0n) is 9.03. The summed E-state index contributed by atoms with van der Waals surface area (Å²) in [5.41, 5.74) is 7.61. The summed E-state index contributed by atoms with van der Waals surface area (Å²) in [6.07, 6.45) is 2.87. The van der Waals surface area contributed by atoms with Gasteiger partial charge in [0.25, 0.3) is 0 Å². The number of hydrogen-bond acceptors (Lipinski definition) is 3. The van der Waals surface area contributed by atoms with Crippen LogP contribution in [-0.4, -0.2) is 9.78 Å². The maximum atomic E-state index is 5.60. The number of hydrogen-bond donors (Lipinski definition) is 1. The number of rotatable bonds is 3. The molecule has 0 saturated heterocycles. The zero-order valence-corrected chi connectivity index (χ0v) is 9.03. The summed E-state index contributed by atoms with van der Waals surface area (Å²) in [7, 11) is 1.91. The fourth-order valence-electron chi connectivity index (χ4n) is 1.63. The molecular weight excluding hydrogens is 190 g/mol. The van der Waals surface area contributed by atoms with Gasteiger partial charge in [-0.05, 0) is 18.6 Å². The molecule has 2 aromatic heterocycles. The molecule has 0 saturated carbocycles. The van der Waals surface area contributed by atoms with Crippen molar-refractivity contribution in [3.8, 4) is 11.3 Å². The van der Waals surface area contributed by atoms with Gasteiger partial charge in [-0.2, -0.15) is 5.10 Å². The Morgan fingerprint density at radius 1 is 1.47 bits per heavy atom. The Balaban J connectivity index is 2.43. The molecular formula is C11H15N3O. The predicted molar refractivity (Wildman–Crippen MR) is 58.2 cm³/mol. The molecule has 2 rings (SSSR count). The van der Waals surface area contributed by atoms with E-state index < -0.39 is 0 Å². The van der Waals surface area contributed by atoms with Gasteiger partial charge in [0.1, 0.15) is 11.5 Å². The van der Waals surface area contributed by atoms with Gasteiger partial charge in [-0.15, -0.1) is 0 Å². The van der Waals surface area contributed by atoms with E-state index in [2.05, 4.69) is 12.0 Å². The first-order chi connectivity index (χ1) is 7.24. The molecule has 0 aromatic carbocycles. The first kappa shape index (κ1) is 9.98. The molecule has 0 fully saturated rings. The van der Waals surface area contributed by atoms with E-state index in [9.17, 15) is 0 Å². The molecule has 2 N–H and O–H groups in total. The molecule has 0 atom stereocenters. The highest BCUT2D eigenvalue weighted by molar-refractivity contribution is 5.59. The molecule has 4 heteroatoms. The van der Waals surface area contributed by atoms with Gasteiger partial charge in [0.15, 0.2) is 0 Å². The monoisotopic (exact) mass is 205 g/mol. The van der Waals surface area contributed by atoms with Gasteiger partial charge in [0.05, 0.1) is 17.8 Å². The average Bonchev–Trinajstić information content (AvgIpc) is 2.82. The highest BCUT2D eigenvalue weighted by atomic mass is 16.3. The lowest BCUT2D eigenvalue weighted by molar-refractivity contribution is 0.525. The summed E-state index contributed by atoms with van der Waals surface area (Å²) < 4.78 is 7.40. The Labute approximate surface area is 88.7 Å². The molecule has 0 spiro atoms. The van der Waals surface area contributed by atoms with Crippen LogP contribution in [0.3, 0.4) is 0 Å². The van der Waals surface area contributed by atoms with Crippen molar-refractivity contribution in [3.63, 3.8) is 0 Å². The predicted octanol–water partition coefficient (Wildman–Crippen LogP) is 1.70. The Kier molecular flexibility index (Phi) is 2.60. The molecule has 4 nitrogen and oxygen atoms in total. The summed E-state index contributed by atoms with van der Waals surface area (Å²) in [6, 6.07) is 3.85. The average molecular weight is 205 g/mol. The van der Waals surface area contributed by atoms with Gasteiger partial charge in [0, 0.05) is 13.2 Å². The SMILES string of the molecule is CCc1nn(C)cc1-c1ccc(CN)o1. The van der Waals surface area contributed by atoms with Gasteiger partial charge < -0.3 is 10.2 Å². The third-order valence-electron chi connectivity index (χ3n) is 2.37. The molecule has 80 valence electrons. The quantitative estimate of drug-likeness (QED) is 0.829. The van der Waals surface area contributed by atoms with Crippen LogP contribution in [0.25, 0.3) is 11.3 Å². The van der Waals surface area contributed by atoms with Crippen molar-refractivity contribution >= 4 is 0 Å². The van der Waals surface area contributed by atoms with Crippen LogP contribution < -0.4 is 5.73 Å². The minimum Gasteiger partial charge on any atom is -0.460 e. The number of nitrogens with zero attached hydrogens (tertiary/aromatic N) is 2. The lowest BCUT2D eigenvalue weighted by atomic mass is 10.2. The van der Waals surface area contributed by atoms with E-state index in [0.717, 1.165) is 29.2 Å². The van der Waals surface area contributed by atoms with Crippen LogP contribution in [-0.2, 0) is 20.0 Å². The molecule has 0 aliphatic carbocycles. The third kappa shape index (κ3) is 1.80. The molecule has 15 heavy (non-hydrogen) atoms. The van der Waals surface area contributed by atoms with Gasteiger partial charge in [0.2, 0.25) is 0 Å². The van der Waals surface area contributed by atoms with Crippen LogP contribution in [0, 0.1) is 0 Å². The van der Waals surface area contributed by atoms with E-state index in [1.165, 1.54) is 0 Å². The van der Waals surface area contributed by atoms with E-state index in [0.29, 0.717) is 6.54 Å². The van der Waals surface area contributed by atoms with Crippen molar-refractivity contribution in [1.82, 2.24) is 9.78 Å². The molecule has 0 radical (unpaired) electrons. The van der Waals surface area contributed by atoms with Crippen molar-refractivity contribution in [1.29, 1.82) is 0 Å². The first-order valence-electron chi connectivity index (χ1n) is 5.06. The standard InChI is InChI=1S/C11H15N3O/c1-3-10-9(7-14(2)13-10)11-5-4-8(6-12)15-11/h4-5,7H,3,6,12H2,1-2H3. The van der Waals surface area contributed by atoms with Gasteiger partial charge in [-0.1, -0.05) is 6.92 Å². The fourth-order valence-corrected chi connectivity index (χ4v) is 1.63. The Morgan fingerprint density at radius 3 is 2.87 bits per heavy atom. The minimum atomic E-state index is 0.432. The number of aryl methyl sites for hydroxylation is 2. The van der Waals surface area contributed by atoms with Crippen LogP contribution >= 0.6 is 0 Å². The lowest BCUT2D eigenvalue weighted by Crippen LogP contribution is -1.92. The van der Waals surface area contributed by atoms with Crippen molar-refractivity contribution in [2.75, 3.05) is 0 Å². The normalized spacial score (nSPS) is 10.9. The zero-order chi connectivity index (χ0) is 10.8. The molecule has 0 unspecified atom stereocenters. The summed E-state index contributed by atoms with van der Waals surface area (Å²) in [4.78, 5) is 0. The van der Waals surface area contributed by atoms with E-state index in [1.807, 2.05) is 25.4 Å². The van der Waals surface area contributed by atoms with Gasteiger partial charge >= 0.3 is 0 Å². The van der Waals surface area contributed by atoms with Crippen molar-refractivity contribution in [2.24, 2.45) is 12.8 Å². The number of furan rings is 1. The minimum absolute atomic E-state index is 0.432. The van der Waals surface area contributed by atoms with Crippen molar-refractivity contribution in [3.05, 3.63) is 29.8 Å². The molecule has 0 bridgehead atoms. The van der Waals surface area contributed by atoms with Crippen LogP contribution in [0.1, 0.15) is 18.4 Å². The third-order valence-corrected chi connectivity index (χ3v) is 2.37. The first-order valence-corrected chi connectivity index (χ1v) is 5.06. The van der Waals surface area contributed by atoms with Gasteiger partial charge in [-0.25, -0.2) is 0 Å². The van der Waals surface area contributed by atoms with E-state index in [4.69, 9.17) is 10.2 Å². The molecule has 2 heterocycles. The second-order valence-electron chi connectivity index (χ2n) is 3.49. The summed E-state index contributed by atoms with van der Waals surface area (Å²) in [5, 5.41) is 4.37. The highest BCUT2D eigenvalue weighted by Crippen LogP contribution is 2.25. The molecule has 0 aliphatic rings. The van der Waals surface area contributed by atoms with Crippen molar-refractivity contribution in [2.45, 2.75) is 19.9 Å². The smallest absolute Gasteiger partial charge is 0.137 e. The molecule has 0 amide bonds. The summed E-state index contributed by atoms with van der Waals surface area (Å²) in [5.74, 6) is 1.65. The fraction of sp³-hybridized carbons (Fsp3) is 0.364. The van der Waals surface area contributed by atoms with Crippen LogP contribution in [0.5, 0.6) is 0 Å². The second-order valence-corrected chi connectivity index (χ2v) is 3.49. The molecule has 0 aliphatic heterocycles.